The normalized spacial score (nSPS) is 29.1. The highest BCUT2D eigenvalue weighted by Gasteiger charge is 2.72. The van der Waals surface area contributed by atoms with E-state index in [0.717, 1.165) is 37.7 Å². The number of fused-ring (bicyclic) bond motifs is 2. The Kier molecular flexibility index (Phi) is 6.80. The van der Waals surface area contributed by atoms with E-state index in [1.54, 1.807) is 29.2 Å². The lowest BCUT2D eigenvalue weighted by atomic mass is 9.74. The maximum atomic E-state index is 14.3. The lowest BCUT2D eigenvalue weighted by Gasteiger charge is -2.34. The van der Waals surface area contributed by atoms with Crippen LogP contribution in [0.4, 0.5) is 5.69 Å². The molecule has 4 heterocycles. The number of anilines is 1. The largest absolute Gasteiger partial charge is 0.494 e. The molecule has 1 saturated carbocycles. The van der Waals surface area contributed by atoms with Gasteiger partial charge < -0.3 is 34.5 Å². The first kappa shape index (κ1) is 26.8. The molecule has 10 heteroatoms. The topological polar surface area (TPSA) is 115 Å². The van der Waals surface area contributed by atoms with Crippen LogP contribution < -0.4 is 24.8 Å². The van der Waals surface area contributed by atoms with Crippen molar-refractivity contribution >= 4 is 23.4 Å². The van der Waals surface area contributed by atoms with Crippen molar-refractivity contribution in [2.24, 2.45) is 11.8 Å². The number of likely N-dealkylation sites (tertiary alicyclic amines) is 1. The third-order valence-corrected chi connectivity index (χ3v) is 9.10. The summed E-state index contributed by atoms with van der Waals surface area (Å²) in [6, 6.07) is 11.8. The van der Waals surface area contributed by atoms with Gasteiger partial charge in [-0.15, -0.1) is 0 Å². The molecule has 2 aromatic carbocycles. The smallest absolute Gasteiger partial charge is 0.246 e. The van der Waals surface area contributed by atoms with Crippen LogP contribution in [0.3, 0.4) is 0 Å². The summed E-state index contributed by atoms with van der Waals surface area (Å²) in [6.07, 6.45) is 8.19. The number of benzene rings is 2. The molecule has 5 aliphatic rings. The van der Waals surface area contributed by atoms with E-state index >= 15 is 0 Å². The molecular formula is C32H35N3O7. The van der Waals surface area contributed by atoms with Crippen molar-refractivity contribution in [1.82, 2.24) is 10.2 Å². The van der Waals surface area contributed by atoms with E-state index in [0.29, 0.717) is 29.5 Å². The summed E-state index contributed by atoms with van der Waals surface area (Å²) >= 11 is 0. The van der Waals surface area contributed by atoms with Crippen molar-refractivity contribution in [3.8, 4) is 17.2 Å². The molecule has 10 nitrogen and oxygen atoms in total. The SMILES string of the molecule is CCOc1ccc(NC(=O)C2[C@H]3C=CC4(O3)C(C(=O)NC3CCCCC3)N(Cc3ccc5c(c3)OCO5)C(=O)[C@@H]24)cc1. The summed E-state index contributed by atoms with van der Waals surface area (Å²) in [5.41, 5.74) is 0.171. The number of carbonyl (C=O) groups is 3. The Morgan fingerprint density at radius 2 is 1.81 bits per heavy atom. The summed E-state index contributed by atoms with van der Waals surface area (Å²) in [4.78, 5) is 43.6. The molecule has 2 bridgehead atoms. The number of nitrogens with one attached hydrogen (secondary N) is 2. The van der Waals surface area contributed by atoms with Gasteiger partial charge in [0.05, 0.1) is 24.5 Å². The molecule has 220 valence electrons. The molecule has 0 aromatic heterocycles. The quantitative estimate of drug-likeness (QED) is 0.464. The number of nitrogens with zero attached hydrogens (tertiary/aromatic N) is 1. The second-order valence-electron chi connectivity index (χ2n) is 11.6. The van der Waals surface area contributed by atoms with Gasteiger partial charge in [-0.1, -0.05) is 37.5 Å². The van der Waals surface area contributed by atoms with Crippen LogP contribution in [0.25, 0.3) is 0 Å². The van der Waals surface area contributed by atoms with E-state index in [1.807, 2.05) is 37.3 Å². The zero-order chi connectivity index (χ0) is 28.8. The highest BCUT2D eigenvalue weighted by molar-refractivity contribution is 6.02. The standard InChI is InChI=1S/C32H35N3O7/c1-2-39-22-11-9-21(10-12-22)33-29(36)26-24-14-15-32(42-24)27(26)31(38)35(17-19-8-13-23-25(16-19)41-18-40-23)28(32)30(37)34-20-6-4-3-5-7-20/h8-16,20,24,26-28H,2-7,17-18H2,1H3,(H,33,36)(H,34,37)/t24-,26?,27-,28?,32?/m1/s1. The second-order valence-corrected chi connectivity index (χ2v) is 11.6. The number of carbonyl (C=O) groups excluding carboxylic acids is 3. The Morgan fingerprint density at radius 1 is 1.02 bits per heavy atom. The molecule has 2 N–H and O–H groups in total. The zero-order valence-electron chi connectivity index (χ0n) is 23.5. The van der Waals surface area contributed by atoms with Crippen LogP contribution in [0.1, 0.15) is 44.6 Å². The predicted octanol–water partition coefficient (Wildman–Crippen LogP) is 3.55. The van der Waals surface area contributed by atoms with Gasteiger partial charge in [-0.3, -0.25) is 14.4 Å². The van der Waals surface area contributed by atoms with E-state index in [4.69, 9.17) is 18.9 Å². The van der Waals surface area contributed by atoms with Gasteiger partial charge in [0.2, 0.25) is 24.5 Å². The summed E-state index contributed by atoms with van der Waals surface area (Å²) < 4.78 is 23.0. The van der Waals surface area contributed by atoms with Gasteiger partial charge in [-0.2, -0.15) is 0 Å². The second kappa shape index (κ2) is 10.7. The van der Waals surface area contributed by atoms with Crippen LogP contribution in [0.2, 0.25) is 0 Å². The van der Waals surface area contributed by atoms with Crippen LogP contribution >= 0.6 is 0 Å². The molecule has 0 radical (unpaired) electrons. The molecule has 5 atom stereocenters. The molecule has 42 heavy (non-hydrogen) atoms. The molecule has 3 fully saturated rings. The van der Waals surface area contributed by atoms with Gasteiger partial charge in [-0.05, 0) is 61.7 Å². The van der Waals surface area contributed by atoms with Crippen molar-refractivity contribution in [1.29, 1.82) is 0 Å². The minimum Gasteiger partial charge on any atom is -0.494 e. The highest BCUT2D eigenvalue weighted by atomic mass is 16.7. The fourth-order valence-corrected chi connectivity index (χ4v) is 7.23. The fourth-order valence-electron chi connectivity index (χ4n) is 7.23. The predicted molar refractivity (Wildman–Crippen MR) is 152 cm³/mol. The van der Waals surface area contributed by atoms with Gasteiger partial charge in [0, 0.05) is 18.3 Å². The van der Waals surface area contributed by atoms with Crippen molar-refractivity contribution in [3.63, 3.8) is 0 Å². The number of hydrogen-bond donors (Lipinski definition) is 2. The molecule has 2 saturated heterocycles. The van der Waals surface area contributed by atoms with Crippen LogP contribution in [-0.2, 0) is 25.7 Å². The van der Waals surface area contributed by atoms with Crippen LogP contribution in [0.15, 0.2) is 54.6 Å². The number of amides is 3. The summed E-state index contributed by atoms with van der Waals surface area (Å²) in [5, 5.41) is 6.19. The highest BCUT2D eigenvalue weighted by Crippen LogP contribution is 2.55. The Bertz CT molecular complexity index is 1420. The fraction of sp³-hybridized carbons (Fsp3) is 0.469. The van der Waals surface area contributed by atoms with Gasteiger partial charge >= 0.3 is 0 Å². The first-order chi connectivity index (χ1) is 20.5. The first-order valence-electron chi connectivity index (χ1n) is 14.9. The van der Waals surface area contributed by atoms with Crippen LogP contribution in [0, 0.1) is 11.8 Å². The number of rotatable bonds is 8. The van der Waals surface area contributed by atoms with Gasteiger partial charge in [0.25, 0.3) is 0 Å². The summed E-state index contributed by atoms with van der Waals surface area (Å²) in [7, 11) is 0. The maximum Gasteiger partial charge on any atom is 0.246 e. The van der Waals surface area contributed by atoms with E-state index in [-0.39, 0.29) is 37.1 Å². The minimum absolute atomic E-state index is 0.0607. The van der Waals surface area contributed by atoms with Crippen molar-refractivity contribution in [3.05, 3.63) is 60.2 Å². The van der Waals surface area contributed by atoms with E-state index in [9.17, 15) is 14.4 Å². The maximum absolute atomic E-state index is 14.3. The van der Waals surface area contributed by atoms with Crippen molar-refractivity contribution in [2.75, 3.05) is 18.7 Å². The Hall–Kier alpha value is -4.05. The lowest BCUT2D eigenvalue weighted by molar-refractivity contribution is -0.142. The van der Waals surface area contributed by atoms with Crippen LogP contribution in [-0.4, -0.2) is 59.8 Å². The molecule has 1 spiro atoms. The van der Waals surface area contributed by atoms with E-state index < -0.39 is 29.6 Å². The first-order valence-corrected chi connectivity index (χ1v) is 14.9. The molecule has 2 aromatic rings. The Morgan fingerprint density at radius 3 is 2.60 bits per heavy atom. The van der Waals surface area contributed by atoms with Gasteiger partial charge in [0.1, 0.15) is 17.4 Å². The average Bonchev–Trinajstić information content (AvgIpc) is 3.76. The summed E-state index contributed by atoms with van der Waals surface area (Å²) in [5.74, 6) is -0.476. The van der Waals surface area contributed by atoms with E-state index in [1.165, 1.54) is 0 Å². The molecule has 4 aliphatic heterocycles. The third kappa shape index (κ3) is 4.48. The average molecular weight is 574 g/mol. The monoisotopic (exact) mass is 573 g/mol. The molecular weight excluding hydrogens is 538 g/mol. The molecule has 3 unspecified atom stereocenters. The molecule has 1 aliphatic carbocycles. The number of ether oxygens (including phenoxy) is 4. The third-order valence-electron chi connectivity index (χ3n) is 9.10. The van der Waals surface area contributed by atoms with Gasteiger partial charge in [0.15, 0.2) is 11.5 Å². The van der Waals surface area contributed by atoms with Crippen molar-refractivity contribution < 1.29 is 33.3 Å². The zero-order valence-corrected chi connectivity index (χ0v) is 23.5. The van der Waals surface area contributed by atoms with Crippen molar-refractivity contribution in [2.45, 2.75) is 69.4 Å². The van der Waals surface area contributed by atoms with E-state index in [2.05, 4.69) is 10.6 Å². The molecule has 3 amide bonds. The van der Waals surface area contributed by atoms with Gasteiger partial charge in [-0.25, -0.2) is 0 Å². The van der Waals surface area contributed by atoms with Crippen LogP contribution in [0.5, 0.6) is 17.2 Å². The lowest BCUT2D eigenvalue weighted by Crippen LogP contribution is -2.56. The summed E-state index contributed by atoms with van der Waals surface area (Å²) in [6.45, 7) is 2.77. The molecule has 7 rings (SSSR count). The Balaban J connectivity index is 1.18. The Labute approximate surface area is 244 Å². The number of hydrogen-bond acceptors (Lipinski definition) is 7. The minimum atomic E-state index is -1.22.